The van der Waals surface area contributed by atoms with Crippen LogP contribution in [0.4, 0.5) is 0 Å². The molecule has 0 heterocycles. The molecule has 0 N–H and O–H groups in total. The van der Waals surface area contributed by atoms with Crippen LogP contribution in [-0.2, 0) is 14.3 Å². The summed E-state index contributed by atoms with van der Waals surface area (Å²) in [5.74, 6) is -0.871. The number of carbonyl (C=O) groups is 2. The molecule has 0 radical (unpaired) electrons. The maximum atomic E-state index is 11.8. The molecule has 0 saturated carbocycles. The second-order valence-corrected chi connectivity index (χ2v) is 5.25. The Bertz CT molecular complexity index is 377. The Morgan fingerprint density at radius 3 is 2.47 bits per heavy atom. The predicted octanol–water partition coefficient (Wildman–Crippen LogP) is 1.69. The minimum Gasteiger partial charge on any atom is -0.373 e. The van der Waals surface area contributed by atoms with Gasteiger partial charge in [0.05, 0.1) is 12.2 Å². The number of rotatable bonds is 7. The first-order valence-corrected chi connectivity index (χ1v) is 6.17. The number of nitriles is 1. The lowest BCUT2D eigenvalue weighted by Gasteiger charge is -2.28. The SMILES string of the molecule is C=CCCC(=O)N(C)[C@@H](COC(C)(C)C)C(=O)C#N. The number of hydrogen-bond acceptors (Lipinski definition) is 4. The molecule has 1 amide bonds. The summed E-state index contributed by atoms with van der Waals surface area (Å²) in [6, 6.07) is 0.701. The molecular formula is C14H22N2O3. The molecule has 0 aromatic heterocycles. The van der Waals surface area contributed by atoms with Crippen LogP contribution >= 0.6 is 0 Å². The second kappa shape index (κ2) is 7.70. The van der Waals surface area contributed by atoms with E-state index in [0.29, 0.717) is 6.42 Å². The monoisotopic (exact) mass is 266 g/mol. The molecule has 19 heavy (non-hydrogen) atoms. The van der Waals surface area contributed by atoms with Gasteiger partial charge in [0.15, 0.2) is 0 Å². The number of ketones is 1. The zero-order chi connectivity index (χ0) is 15.1. The molecule has 5 nitrogen and oxygen atoms in total. The summed E-state index contributed by atoms with van der Waals surface area (Å²) in [6.07, 6.45) is 2.44. The molecule has 0 saturated heterocycles. The molecule has 5 heteroatoms. The maximum absolute atomic E-state index is 11.8. The molecule has 0 aliphatic carbocycles. The fraction of sp³-hybridized carbons (Fsp3) is 0.643. The van der Waals surface area contributed by atoms with Crippen molar-refractivity contribution in [1.29, 1.82) is 5.26 Å². The summed E-state index contributed by atoms with van der Waals surface area (Å²) in [5.41, 5.74) is -0.432. The van der Waals surface area contributed by atoms with Crippen LogP contribution in [0.1, 0.15) is 33.6 Å². The van der Waals surface area contributed by atoms with E-state index in [1.807, 2.05) is 20.8 Å². The van der Waals surface area contributed by atoms with E-state index in [1.54, 1.807) is 12.1 Å². The highest BCUT2D eigenvalue weighted by molar-refractivity contribution is 5.99. The van der Waals surface area contributed by atoms with Gasteiger partial charge in [-0.2, -0.15) is 5.26 Å². The summed E-state index contributed by atoms with van der Waals surface area (Å²) < 4.78 is 5.50. The maximum Gasteiger partial charge on any atom is 0.256 e. The van der Waals surface area contributed by atoms with E-state index in [1.165, 1.54) is 11.9 Å². The van der Waals surface area contributed by atoms with Crippen LogP contribution < -0.4 is 0 Å². The molecule has 0 fully saturated rings. The average Bonchev–Trinajstić information content (AvgIpc) is 2.33. The van der Waals surface area contributed by atoms with Crippen molar-refractivity contribution in [2.45, 2.75) is 45.3 Å². The van der Waals surface area contributed by atoms with Crippen molar-refractivity contribution >= 4 is 11.7 Å². The summed E-state index contributed by atoms with van der Waals surface area (Å²) >= 11 is 0. The van der Waals surface area contributed by atoms with Crippen LogP contribution in [0.3, 0.4) is 0 Å². The van der Waals surface area contributed by atoms with Crippen LogP contribution in [0.5, 0.6) is 0 Å². The number of Topliss-reactive ketones (excluding diaryl/α,β-unsaturated/α-hetero) is 1. The van der Waals surface area contributed by atoms with Crippen molar-refractivity contribution in [3.63, 3.8) is 0 Å². The highest BCUT2D eigenvalue weighted by atomic mass is 16.5. The first-order valence-electron chi connectivity index (χ1n) is 6.17. The molecule has 0 aliphatic rings. The number of carbonyl (C=O) groups excluding carboxylic acids is 2. The molecule has 0 aromatic rings. The second-order valence-electron chi connectivity index (χ2n) is 5.25. The largest absolute Gasteiger partial charge is 0.373 e. The van der Waals surface area contributed by atoms with Gasteiger partial charge < -0.3 is 9.64 Å². The van der Waals surface area contributed by atoms with E-state index in [9.17, 15) is 9.59 Å². The number of amides is 1. The summed E-state index contributed by atoms with van der Waals surface area (Å²) in [5, 5.41) is 8.73. The van der Waals surface area contributed by atoms with Gasteiger partial charge in [-0.25, -0.2) is 0 Å². The molecule has 0 bridgehead atoms. The molecule has 0 aliphatic heterocycles. The van der Waals surface area contributed by atoms with Crippen LogP contribution in [0, 0.1) is 11.3 Å². The van der Waals surface area contributed by atoms with Gasteiger partial charge in [-0.05, 0) is 27.2 Å². The highest BCUT2D eigenvalue weighted by Gasteiger charge is 2.28. The van der Waals surface area contributed by atoms with Gasteiger partial charge in [-0.3, -0.25) is 9.59 Å². The predicted molar refractivity (Wildman–Crippen MR) is 72.3 cm³/mol. The van der Waals surface area contributed by atoms with E-state index in [0.717, 1.165) is 0 Å². The van der Waals surface area contributed by atoms with Crippen molar-refractivity contribution in [3.8, 4) is 6.07 Å². The molecule has 0 aromatic carbocycles. The smallest absolute Gasteiger partial charge is 0.256 e. The van der Waals surface area contributed by atoms with E-state index >= 15 is 0 Å². The molecule has 0 unspecified atom stereocenters. The van der Waals surface area contributed by atoms with Crippen molar-refractivity contribution in [1.82, 2.24) is 4.90 Å². The lowest BCUT2D eigenvalue weighted by atomic mass is 10.1. The van der Waals surface area contributed by atoms with Crippen molar-refractivity contribution < 1.29 is 14.3 Å². The van der Waals surface area contributed by atoms with E-state index in [-0.39, 0.29) is 18.9 Å². The summed E-state index contributed by atoms with van der Waals surface area (Å²) in [4.78, 5) is 24.7. The van der Waals surface area contributed by atoms with Gasteiger partial charge in [0.25, 0.3) is 5.78 Å². The van der Waals surface area contributed by atoms with Gasteiger partial charge in [0, 0.05) is 13.5 Å². The van der Waals surface area contributed by atoms with Crippen LogP contribution in [0.25, 0.3) is 0 Å². The minimum atomic E-state index is -0.860. The first-order chi connectivity index (χ1) is 8.72. The average molecular weight is 266 g/mol. The van der Waals surface area contributed by atoms with Crippen molar-refractivity contribution in [2.75, 3.05) is 13.7 Å². The van der Waals surface area contributed by atoms with Gasteiger partial charge in [-0.15, -0.1) is 6.58 Å². The lowest BCUT2D eigenvalue weighted by molar-refractivity contribution is -0.140. The minimum absolute atomic E-state index is 0.0201. The Morgan fingerprint density at radius 1 is 1.47 bits per heavy atom. The zero-order valence-electron chi connectivity index (χ0n) is 12.1. The van der Waals surface area contributed by atoms with Crippen LogP contribution in [0.2, 0.25) is 0 Å². The Kier molecular flexibility index (Phi) is 7.02. The molecular weight excluding hydrogens is 244 g/mol. The first kappa shape index (κ1) is 17.3. The fourth-order valence-electron chi connectivity index (χ4n) is 1.34. The molecule has 0 spiro atoms. The van der Waals surface area contributed by atoms with Gasteiger partial charge in [-0.1, -0.05) is 6.08 Å². The van der Waals surface area contributed by atoms with E-state index in [2.05, 4.69) is 6.58 Å². The zero-order valence-corrected chi connectivity index (χ0v) is 12.1. The third kappa shape index (κ3) is 6.73. The van der Waals surface area contributed by atoms with Gasteiger partial charge in [0.1, 0.15) is 12.1 Å². The van der Waals surface area contributed by atoms with Crippen LogP contribution in [-0.4, -0.2) is 41.9 Å². The molecule has 106 valence electrons. The Morgan fingerprint density at radius 2 is 2.05 bits per heavy atom. The standard InChI is InChI=1S/C14H22N2O3/c1-6-7-8-13(18)16(5)11(12(17)9-15)10-19-14(2,3)4/h6,11H,1,7-8,10H2,2-5H3/t11-/m0/s1. The number of ether oxygens (including phenoxy) is 1. The normalized spacial score (nSPS) is 12.4. The van der Waals surface area contributed by atoms with Gasteiger partial charge >= 0.3 is 0 Å². The Balaban J connectivity index is 4.75. The number of likely N-dealkylation sites (N-methyl/N-ethyl adjacent to an activating group) is 1. The number of hydrogen-bond donors (Lipinski definition) is 0. The summed E-state index contributed by atoms with van der Waals surface area (Å²) in [6.45, 7) is 9.11. The fourth-order valence-corrected chi connectivity index (χ4v) is 1.34. The van der Waals surface area contributed by atoms with E-state index in [4.69, 9.17) is 10.00 Å². The molecule has 0 rings (SSSR count). The third-order valence-electron chi connectivity index (χ3n) is 2.51. The van der Waals surface area contributed by atoms with Crippen molar-refractivity contribution in [2.24, 2.45) is 0 Å². The Hall–Kier alpha value is -1.67. The number of allylic oxidation sites excluding steroid dienone is 1. The van der Waals surface area contributed by atoms with E-state index < -0.39 is 17.4 Å². The quantitative estimate of drug-likeness (QED) is 0.519. The highest BCUT2D eigenvalue weighted by Crippen LogP contribution is 2.11. The van der Waals surface area contributed by atoms with Gasteiger partial charge in [0.2, 0.25) is 5.91 Å². The van der Waals surface area contributed by atoms with Crippen LogP contribution in [0.15, 0.2) is 12.7 Å². The topological polar surface area (TPSA) is 70.4 Å². The number of nitrogens with zero attached hydrogens (tertiary/aromatic N) is 2. The third-order valence-corrected chi connectivity index (χ3v) is 2.51. The molecule has 1 atom stereocenters. The van der Waals surface area contributed by atoms with Crippen molar-refractivity contribution in [3.05, 3.63) is 12.7 Å². The Labute approximate surface area is 114 Å². The summed E-state index contributed by atoms with van der Waals surface area (Å²) in [7, 11) is 1.51. The lowest BCUT2D eigenvalue weighted by Crippen LogP contribution is -2.46.